The van der Waals surface area contributed by atoms with Crippen molar-refractivity contribution in [1.82, 2.24) is 0 Å². The van der Waals surface area contributed by atoms with Crippen molar-refractivity contribution in [3.05, 3.63) is 27.1 Å². The van der Waals surface area contributed by atoms with Crippen LogP contribution in [0.5, 0.6) is 0 Å². The van der Waals surface area contributed by atoms with Gasteiger partial charge in [0.05, 0.1) is 29.6 Å². The second kappa shape index (κ2) is 7.03. The maximum absolute atomic E-state index is 12.7. The Bertz CT molecular complexity index is 837. The van der Waals surface area contributed by atoms with Gasteiger partial charge < -0.3 is 15.2 Å². The van der Waals surface area contributed by atoms with Gasteiger partial charge >= 0.3 is 5.97 Å². The molecule has 6 nitrogen and oxygen atoms in total. The predicted molar refractivity (Wildman–Crippen MR) is 98.0 cm³/mol. The van der Waals surface area contributed by atoms with E-state index in [2.05, 4.69) is 11.4 Å². The molecule has 0 unspecified atom stereocenters. The van der Waals surface area contributed by atoms with Crippen LogP contribution in [0.3, 0.4) is 0 Å². The zero-order valence-corrected chi connectivity index (χ0v) is 16.0. The Morgan fingerprint density at radius 3 is 2.85 bits per heavy atom. The van der Waals surface area contributed by atoms with Crippen LogP contribution in [-0.4, -0.2) is 22.6 Å². The van der Waals surface area contributed by atoms with Gasteiger partial charge in [-0.25, -0.2) is 0 Å². The third kappa shape index (κ3) is 3.63. The minimum atomic E-state index is -1.02. The molecule has 0 spiro atoms. The number of fused-ring (bicyclic) bond motifs is 1. The molecule has 26 heavy (non-hydrogen) atoms. The van der Waals surface area contributed by atoms with Crippen molar-refractivity contribution in [1.29, 1.82) is 5.26 Å². The van der Waals surface area contributed by atoms with Gasteiger partial charge in [-0.2, -0.15) is 5.26 Å². The molecule has 1 aliphatic heterocycles. The molecule has 2 aliphatic rings. The number of thiophene rings is 1. The summed E-state index contributed by atoms with van der Waals surface area (Å²) >= 11 is 7.34. The molecule has 1 aromatic rings. The van der Waals surface area contributed by atoms with Crippen LogP contribution in [0.4, 0.5) is 5.00 Å². The van der Waals surface area contributed by atoms with Crippen LogP contribution in [0.25, 0.3) is 0 Å². The van der Waals surface area contributed by atoms with Gasteiger partial charge in [-0.3, -0.25) is 9.59 Å². The van der Waals surface area contributed by atoms with Crippen LogP contribution in [0.2, 0.25) is 0 Å². The van der Waals surface area contributed by atoms with E-state index in [0.29, 0.717) is 28.6 Å². The van der Waals surface area contributed by atoms with Gasteiger partial charge in [0.25, 0.3) is 0 Å². The molecule has 1 aromatic heterocycles. The number of halogens is 1. The number of nitrogens with zero attached hydrogens (tertiary/aromatic N) is 1. The Balaban J connectivity index is 1.86. The van der Waals surface area contributed by atoms with E-state index in [1.54, 1.807) is 6.08 Å². The highest BCUT2D eigenvalue weighted by atomic mass is 35.5. The lowest BCUT2D eigenvalue weighted by Crippen LogP contribution is -2.35. The first kappa shape index (κ1) is 18.9. The Morgan fingerprint density at radius 1 is 1.46 bits per heavy atom. The molecule has 3 rings (SSSR count). The molecule has 138 valence electrons. The van der Waals surface area contributed by atoms with E-state index in [1.807, 2.05) is 13.8 Å². The van der Waals surface area contributed by atoms with Gasteiger partial charge in [-0.1, -0.05) is 17.7 Å². The van der Waals surface area contributed by atoms with E-state index in [1.165, 1.54) is 11.3 Å². The molecule has 2 atom stereocenters. The standard InChI is InChI=1S/C18H19ClN2O4S/c1-18(2)6-12-13(7-20)16(26-14(12)8-25-18)21-15(22)11-5-9(19)3-4-10(11)17(23)24/h3,10-11H,4-6,8H2,1-2H3,(H,21,22)(H,23,24)/t10-,11-/m1/s1. The first-order chi connectivity index (χ1) is 12.2. The molecule has 0 fully saturated rings. The summed E-state index contributed by atoms with van der Waals surface area (Å²) in [6, 6.07) is 2.18. The van der Waals surface area contributed by atoms with Crippen molar-refractivity contribution in [3.8, 4) is 6.07 Å². The number of amides is 1. The summed E-state index contributed by atoms with van der Waals surface area (Å²) < 4.78 is 5.77. The highest BCUT2D eigenvalue weighted by Gasteiger charge is 2.37. The minimum absolute atomic E-state index is 0.188. The largest absolute Gasteiger partial charge is 0.481 e. The second-order valence-corrected chi connectivity index (χ2v) is 8.77. The molecule has 0 aromatic carbocycles. The van der Waals surface area contributed by atoms with Crippen molar-refractivity contribution in [2.75, 3.05) is 5.32 Å². The monoisotopic (exact) mass is 394 g/mol. The third-order valence-corrected chi connectivity index (χ3v) is 6.21. The van der Waals surface area contributed by atoms with E-state index in [9.17, 15) is 20.0 Å². The molecular formula is C18H19ClN2O4S. The molecular weight excluding hydrogens is 376 g/mol. The fourth-order valence-electron chi connectivity index (χ4n) is 3.37. The summed E-state index contributed by atoms with van der Waals surface area (Å²) in [6.45, 7) is 4.31. The molecule has 8 heteroatoms. The highest BCUT2D eigenvalue weighted by Crippen LogP contribution is 2.41. The van der Waals surface area contributed by atoms with E-state index in [0.717, 1.165) is 10.4 Å². The molecule has 0 radical (unpaired) electrons. The number of hydrogen-bond donors (Lipinski definition) is 2. The maximum Gasteiger partial charge on any atom is 0.307 e. The average Bonchev–Trinajstić information content (AvgIpc) is 2.89. The summed E-state index contributed by atoms with van der Waals surface area (Å²) in [5.41, 5.74) is 0.983. The molecule has 1 aliphatic carbocycles. The summed E-state index contributed by atoms with van der Waals surface area (Å²) in [4.78, 5) is 25.1. The molecule has 2 N–H and O–H groups in total. The zero-order chi connectivity index (χ0) is 19.1. The number of ether oxygens (including phenoxy) is 1. The Kier molecular flexibility index (Phi) is 5.11. The number of anilines is 1. The van der Waals surface area contributed by atoms with Crippen LogP contribution in [0, 0.1) is 23.2 Å². The summed E-state index contributed by atoms with van der Waals surface area (Å²) in [5.74, 6) is -3.02. The quantitative estimate of drug-likeness (QED) is 0.815. The van der Waals surface area contributed by atoms with Gasteiger partial charge in [-0.15, -0.1) is 11.3 Å². The summed E-state index contributed by atoms with van der Waals surface area (Å²) in [7, 11) is 0. The van der Waals surface area contributed by atoms with Gasteiger partial charge in [0.1, 0.15) is 11.1 Å². The van der Waals surface area contributed by atoms with Crippen molar-refractivity contribution >= 4 is 39.8 Å². The van der Waals surface area contributed by atoms with Crippen LogP contribution in [-0.2, 0) is 27.4 Å². The van der Waals surface area contributed by atoms with Crippen LogP contribution in [0.1, 0.15) is 42.7 Å². The van der Waals surface area contributed by atoms with Gasteiger partial charge in [0.2, 0.25) is 5.91 Å². The lowest BCUT2D eigenvalue weighted by molar-refractivity contribution is -0.146. The van der Waals surface area contributed by atoms with E-state index < -0.39 is 23.7 Å². The topological polar surface area (TPSA) is 99.4 Å². The molecule has 2 heterocycles. The van der Waals surface area contributed by atoms with Crippen molar-refractivity contribution < 1.29 is 19.4 Å². The first-order valence-electron chi connectivity index (χ1n) is 8.28. The Labute approximate surface area is 160 Å². The SMILES string of the molecule is CC1(C)Cc2c(sc(NC(=O)[C@@H]3CC(Cl)=CC[C@H]3C(=O)O)c2C#N)CO1. The number of hydrogen-bond acceptors (Lipinski definition) is 5. The number of carbonyl (C=O) groups is 2. The lowest BCUT2D eigenvalue weighted by atomic mass is 9.82. The zero-order valence-electron chi connectivity index (χ0n) is 14.5. The number of nitrogens with one attached hydrogen (secondary N) is 1. The van der Waals surface area contributed by atoms with E-state index >= 15 is 0 Å². The number of carboxylic acids is 1. The van der Waals surface area contributed by atoms with Crippen molar-refractivity contribution in [3.63, 3.8) is 0 Å². The maximum atomic E-state index is 12.7. The number of rotatable bonds is 3. The van der Waals surface area contributed by atoms with E-state index in [4.69, 9.17) is 16.3 Å². The minimum Gasteiger partial charge on any atom is -0.481 e. The lowest BCUT2D eigenvalue weighted by Gasteiger charge is -2.29. The summed E-state index contributed by atoms with van der Waals surface area (Å²) in [6.07, 6.45) is 2.65. The van der Waals surface area contributed by atoms with Crippen molar-refractivity contribution in [2.24, 2.45) is 11.8 Å². The molecule has 0 bridgehead atoms. The second-order valence-electron chi connectivity index (χ2n) is 7.18. The van der Waals surface area contributed by atoms with Gasteiger partial charge in [0.15, 0.2) is 0 Å². The van der Waals surface area contributed by atoms with Crippen LogP contribution < -0.4 is 5.32 Å². The Morgan fingerprint density at radius 2 is 2.19 bits per heavy atom. The third-order valence-electron chi connectivity index (χ3n) is 4.78. The number of allylic oxidation sites excluding steroid dienone is 2. The number of carbonyl (C=O) groups excluding carboxylic acids is 1. The average molecular weight is 395 g/mol. The number of carboxylic acid groups (broad SMARTS) is 1. The Hall–Kier alpha value is -1.88. The van der Waals surface area contributed by atoms with Gasteiger partial charge in [0, 0.05) is 16.3 Å². The first-order valence-corrected chi connectivity index (χ1v) is 9.48. The fourth-order valence-corrected chi connectivity index (χ4v) is 4.71. The predicted octanol–water partition coefficient (Wildman–Crippen LogP) is 3.64. The van der Waals surface area contributed by atoms with Crippen LogP contribution >= 0.6 is 22.9 Å². The normalized spacial score (nSPS) is 24.2. The van der Waals surface area contributed by atoms with Crippen LogP contribution in [0.15, 0.2) is 11.1 Å². The smallest absolute Gasteiger partial charge is 0.307 e. The molecule has 0 saturated heterocycles. The number of aliphatic carboxylic acids is 1. The molecule has 0 saturated carbocycles. The number of nitriles is 1. The highest BCUT2D eigenvalue weighted by molar-refractivity contribution is 7.16. The fraction of sp³-hybridized carbons (Fsp3) is 0.500. The van der Waals surface area contributed by atoms with Gasteiger partial charge in [-0.05, 0) is 32.3 Å². The van der Waals surface area contributed by atoms with E-state index in [-0.39, 0.29) is 18.4 Å². The summed E-state index contributed by atoms with van der Waals surface area (Å²) in [5, 5.41) is 22.7. The molecule has 1 amide bonds. The van der Waals surface area contributed by atoms with Crippen molar-refractivity contribution in [2.45, 2.75) is 45.3 Å².